The fourth-order valence-corrected chi connectivity index (χ4v) is 3.71. The highest BCUT2D eigenvalue weighted by molar-refractivity contribution is 5.80. The zero-order valence-corrected chi connectivity index (χ0v) is 15.0. The van der Waals surface area contributed by atoms with Gasteiger partial charge in [-0.15, -0.1) is 0 Å². The lowest BCUT2D eigenvalue weighted by molar-refractivity contribution is -0.160. The van der Waals surface area contributed by atoms with Gasteiger partial charge in [0, 0.05) is 25.4 Å². The molecule has 3 atom stereocenters. The number of carbonyl (C=O) groups excluding carboxylic acids is 1. The highest BCUT2D eigenvalue weighted by Crippen LogP contribution is 2.39. The second kappa shape index (κ2) is 8.04. The minimum Gasteiger partial charge on any atom is -0.481 e. The molecule has 1 N–H and O–H groups in total. The first kappa shape index (κ1) is 19.9. The minimum atomic E-state index is -4.57. The van der Waals surface area contributed by atoms with Gasteiger partial charge in [0.25, 0.3) is 0 Å². The summed E-state index contributed by atoms with van der Waals surface area (Å²) in [7, 11) is 0. The summed E-state index contributed by atoms with van der Waals surface area (Å²) in [6.07, 6.45) is -5.30. The van der Waals surface area contributed by atoms with E-state index in [4.69, 9.17) is 0 Å². The van der Waals surface area contributed by atoms with E-state index in [0.717, 1.165) is 5.56 Å². The first-order valence-corrected chi connectivity index (χ1v) is 8.94. The van der Waals surface area contributed by atoms with Gasteiger partial charge >= 0.3 is 12.1 Å². The number of nitrogens with zero attached hydrogens (tertiary/aromatic N) is 1. The van der Waals surface area contributed by atoms with Gasteiger partial charge < -0.3 is 10.0 Å². The van der Waals surface area contributed by atoms with Crippen LogP contribution in [0.3, 0.4) is 0 Å². The summed E-state index contributed by atoms with van der Waals surface area (Å²) < 4.78 is 40.6. The third-order valence-corrected chi connectivity index (χ3v) is 5.19. The van der Waals surface area contributed by atoms with Crippen molar-refractivity contribution in [2.45, 2.75) is 24.4 Å². The lowest BCUT2D eigenvalue weighted by Gasteiger charge is -2.23. The summed E-state index contributed by atoms with van der Waals surface area (Å²) >= 11 is 0. The molecule has 0 aromatic heterocycles. The highest BCUT2D eigenvalue weighted by Gasteiger charge is 2.45. The molecule has 0 spiro atoms. The topological polar surface area (TPSA) is 57.6 Å². The monoisotopic (exact) mass is 391 g/mol. The summed E-state index contributed by atoms with van der Waals surface area (Å²) in [5.41, 5.74) is 0.789. The molecule has 0 bridgehead atoms. The Kier molecular flexibility index (Phi) is 5.72. The standard InChI is InChI=1S/C21H20F3NO3/c22-21(23,24)18(15-9-5-2-6-10-15)11-19(26)25-12-16(17(13-25)20(27)28)14-7-3-1-4-8-14/h1-10,16-18H,11-13H2,(H,27,28)/t16-,17-,18?/m1/s1. The van der Waals surface area contributed by atoms with E-state index in [0.29, 0.717) is 0 Å². The Hall–Kier alpha value is -2.83. The van der Waals surface area contributed by atoms with Crippen LogP contribution in [0.5, 0.6) is 0 Å². The Balaban J connectivity index is 1.79. The number of alkyl halides is 3. The molecule has 28 heavy (non-hydrogen) atoms. The van der Waals surface area contributed by atoms with Gasteiger partial charge in [0.15, 0.2) is 0 Å². The van der Waals surface area contributed by atoms with Crippen molar-refractivity contribution < 1.29 is 27.9 Å². The van der Waals surface area contributed by atoms with E-state index in [-0.39, 0.29) is 18.7 Å². The van der Waals surface area contributed by atoms with E-state index in [9.17, 15) is 27.9 Å². The van der Waals surface area contributed by atoms with Crippen LogP contribution in [0.15, 0.2) is 60.7 Å². The van der Waals surface area contributed by atoms with Crippen molar-refractivity contribution >= 4 is 11.9 Å². The molecular weight excluding hydrogens is 371 g/mol. The van der Waals surface area contributed by atoms with Gasteiger partial charge in [-0.25, -0.2) is 0 Å². The maximum absolute atomic E-state index is 13.5. The van der Waals surface area contributed by atoms with Crippen molar-refractivity contribution in [1.29, 1.82) is 0 Å². The SMILES string of the molecule is O=C(O)[C@@H]1CN(C(=O)CC(c2ccccc2)C(F)(F)F)C[C@@H]1c1ccccc1. The molecule has 148 valence electrons. The minimum absolute atomic E-state index is 0.0249. The van der Waals surface area contributed by atoms with Crippen LogP contribution < -0.4 is 0 Å². The lowest BCUT2D eigenvalue weighted by atomic mass is 9.89. The van der Waals surface area contributed by atoms with Crippen LogP contribution in [0.25, 0.3) is 0 Å². The van der Waals surface area contributed by atoms with Crippen molar-refractivity contribution in [3.05, 3.63) is 71.8 Å². The number of carboxylic acid groups (broad SMARTS) is 1. The fraction of sp³-hybridized carbons (Fsp3) is 0.333. The average Bonchev–Trinajstić information content (AvgIpc) is 3.12. The largest absolute Gasteiger partial charge is 0.481 e. The van der Waals surface area contributed by atoms with E-state index >= 15 is 0 Å². The number of likely N-dealkylation sites (tertiary alicyclic amines) is 1. The Labute approximate surface area is 160 Å². The first-order chi connectivity index (χ1) is 13.3. The number of carbonyl (C=O) groups is 2. The van der Waals surface area contributed by atoms with Crippen LogP contribution in [0.2, 0.25) is 0 Å². The van der Waals surface area contributed by atoms with E-state index < -0.39 is 42.2 Å². The molecule has 1 saturated heterocycles. The van der Waals surface area contributed by atoms with Crippen molar-refractivity contribution in [3.8, 4) is 0 Å². The summed E-state index contributed by atoms with van der Waals surface area (Å²) in [6, 6.07) is 16.2. The molecule has 1 amide bonds. The van der Waals surface area contributed by atoms with Gasteiger partial charge in [0.1, 0.15) is 0 Å². The van der Waals surface area contributed by atoms with Crippen LogP contribution in [0, 0.1) is 5.92 Å². The number of aliphatic carboxylic acids is 1. The number of rotatable bonds is 5. The Bertz CT molecular complexity index is 824. The first-order valence-electron chi connectivity index (χ1n) is 8.94. The van der Waals surface area contributed by atoms with Gasteiger partial charge in [-0.05, 0) is 11.1 Å². The van der Waals surface area contributed by atoms with E-state index in [2.05, 4.69) is 0 Å². The van der Waals surface area contributed by atoms with Crippen molar-refractivity contribution in [2.75, 3.05) is 13.1 Å². The van der Waals surface area contributed by atoms with Crippen LogP contribution in [0.4, 0.5) is 13.2 Å². The van der Waals surface area contributed by atoms with Gasteiger partial charge in [-0.2, -0.15) is 13.2 Å². The van der Waals surface area contributed by atoms with Crippen molar-refractivity contribution in [2.24, 2.45) is 5.92 Å². The number of benzene rings is 2. The van der Waals surface area contributed by atoms with Crippen LogP contribution >= 0.6 is 0 Å². The summed E-state index contributed by atoms with van der Waals surface area (Å²) in [6.45, 7) is 0.00622. The highest BCUT2D eigenvalue weighted by atomic mass is 19.4. The average molecular weight is 391 g/mol. The smallest absolute Gasteiger partial charge is 0.396 e. The normalized spacial score (nSPS) is 20.8. The quantitative estimate of drug-likeness (QED) is 0.837. The van der Waals surface area contributed by atoms with Crippen LogP contribution in [0.1, 0.15) is 29.4 Å². The molecule has 2 aromatic rings. The molecule has 1 fully saturated rings. The molecular formula is C21H20F3NO3. The lowest BCUT2D eigenvalue weighted by Crippen LogP contribution is -2.34. The van der Waals surface area contributed by atoms with E-state index in [1.807, 2.05) is 0 Å². The zero-order chi connectivity index (χ0) is 20.3. The van der Waals surface area contributed by atoms with Gasteiger partial charge in [0.05, 0.1) is 11.8 Å². The molecule has 1 aliphatic heterocycles. The molecule has 1 heterocycles. The van der Waals surface area contributed by atoms with Gasteiger partial charge in [-0.3, -0.25) is 9.59 Å². The second-order valence-corrected chi connectivity index (χ2v) is 6.97. The molecule has 0 aliphatic carbocycles. The molecule has 0 radical (unpaired) electrons. The molecule has 3 rings (SSSR count). The Morgan fingerprint density at radius 3 is 2.11 bits per heavy atom. The molecule has 2 aromatic carbocycles. The summed E-state index contributed by atoms with van der Waals surface area (Å²) in [4.78, 5) is 25.5. The number of hydrogen-bond donors (Lipinski definition) is 1. The number of halogens is 3. The molecule has 1 aliphatic rings. The van der Waals surface area contributed by atoms with Gasteiger partial charge in [0.2, 0.25) is 5.91 Å². The second-order valence-electron chi connectivity index (χ2n) is 6.97. The Morgan fingerprint density at radius 1 is 1.00 bits per heavy atom. The van der Waals surface area contributed by atoms with E-state index in [1.165, 1.54) is 29.2 Å². The third kappa shape index (κ3) is 4.35. The molecule has 0 saturated carbocycles. The molecule has 4 nitrogen and oxygen atoms in total. The fourth-order valence-electron chi connectivity index (χ4n) is 3.71. The number of amides is 1. The van der Waals surface area contributed by atoms with Crippen LogP contribution in [-0.2, 0) is 9.59 Å². The zero-order valence-electron chi connectivity index (χ0n) is 15.0. The predicted octanol–water partition coefficient (Wildman–Crippen LogP) is 4.05. The number of hydrogen-bond acceptors (Lipinski definition) is 2. The van der Waals surface area contributed by atoms with Crippen LogP contribution in [-0.4, -0.2) is 41.1 Å². The maximum atomic E-state index is 13.5. The molecule has 7 heteroatoms. The van der Waals surface area contributed by atoms with Crippen molar-refractivity contribution in [1.82, 2.24) is 4.90 Å². The predicted molar refractivity (Wildman–Crippen MR) is 96.7 cm³/mol. The van der Waals surface area contributed by atoms with Crippen molar-refractivity contribution in [3.63, 3.8) is 0 Å². The Morgan fingerprint density at radius 2 is 1.57 bits per heavy atom. The van der Waals surface area contributed by atoms with Gasteiger partial charge in [-0.1, -0.05) is 60.7 Å². The summed E-state index contributed by atoms with van der Waals surface area (Å²) in [5.74, 6) is -4.94. The number of carboxylic acids is 1. The third-order valence-electron chi connectivity index (χ3n) is 5.19. The van der Waals surface area contributed by atoms with E-state index in [1.54, 1.807) is 36.4 Å². The maximum Gasteiger partial charge on any atom is 0.396 e. The summed E-state index contributed by atoms with van der Waals surface area (Å²) in [5, 5.41) is 9.52. The molecule has 1 unspecified atom stereocenters.